The molecule has 2 rings (SSSR count). The van der Waals surface area contributed by atoms with Crippen LogP contribution in [0.1, 0.15) is 25.0 Å². The van der Waals surface area contributed by atoms with Gasteiger partial charge in [-0.3, -0.25) is 0 Å². The third-order valence-electron chi connectivity index (χ3n) is 3.38. The lowest BCUT2D eigenvalue weighted by atomic mass is 10.2. The van der Waals surface area contributed by atoms with Crippen molar-refractivity contribution in [3.8, 4) is 5.88 Å². The van der Waals surface area contributed by atoms with Gasteiger partial charge in [0.15, 0.2) is 5.96 Å². The average Bonchev–Trinajstić information content (AvgIpc) is 2.62. The number of hydrogen-bond acceptors (Lipinski definition) is 4. The number of nitrogens with zero attached hydrogens (tertiary/aromatic N) is 3. The quantitative estimate of drug-likeness (QED) is 0.257. The predicted molar refractivity (Wildman–Crippen MR) is 117 cm³/mol. The Morgan fingerprint density at radius 2 is 2.04 bits per heavy atom. The van der Waals surface area contributed by atoms with Crippen molar-refractivity contribution in [3.63, 3.8) is 0 Å². The Bertz CT molecular complexity index is 682. The van der Waals surface area contributed by atoms with Crippen LogP contribution < -0.4 is 15.4 Å². The fraction of sp³-hybridized carbons (Fsp3) is 0.389. The smallest absolute Gasteiger partial charge is 0.218 e. The Morgan fingerprint density at radius 1 is 1.19 bits per heavy atom. The molecule has 0 aliphatic rings. The number of aromatic nitrogens is 2. The number of ether oxygens (including phenoxy) is 1. The Hall–Kier alpha value is -1.61. The van der Waals surface area contributed by atoms with Crippen LogP contribution in [0.3, 0.4) is 0 Å². The molecule has 0 radical (unpaired) electrons. The minimum absolute atomic E-state index is 0. The zero-order valence-electron chi connectivity index (χ0n) is 15.0. The summed E-state index contributed by atoms with van der Waals surface area (Å²) in [5.74, 6) is 1.40. The Labute approximate surface area is 176 Å². The molecule has 0 bridgehead atoms. The minimum atomic E-state index is 0. The SMILES string of the molecule is CCNC(=NCc1cccnc1OCC)NCCc1ccc(Cl)nc1.I. The maximum absolute atomic E-state index is 5.80. The summed E-state index contributed by atoms with van der Waals surface area (Å²) in [5.41, 5.74) is 2.09. The van der Waals surface area contributed by atoms with Gasteiger partial charge in [0.1, 0.15) is 5.15 Å². The lowest BCUT2D eigenvalue weighted by Gasteiger charge is -2.12. The molecule has 0 unspecified atom stereocenters. The van der Waals surface area contributed by atoms with Crippen LogP contribution in [0.5, 0.6) is 5.88 Å². The number of rotatable bonds is 8. The van der Waals surface area contributed by atoms with Crippen molar-refractivity contribution in [1.82, 2.24) is 20.6 Å². The second kappa shape index (κ2) is 12.7. The highest BCUT2D eigenvalue weighted by molar-refractivity contribution is 14.0. The van der Waals surface area contributed by atoms with Gasteiger partial charge in [-0.1, -0.05) is 23.7 Å². The maximum Gasteiger partial charge on any atom is 0.218 e. The summed E-state index contributed by atoms with van der Waals surface area (Å²) in [6, 6.07) is 7.64. The molecular weight excluding hydrogens is 465 g/mol. The summed E-state index contributed by atoms with van der Waals surface area (Å²) < 4.78 is 5.54. The molecule has 0 aliphatic carbocycles. The van der Waals surface area contributed by atoms with Gasteiger partial charge in [0, 0.05) is 31.0 Å². The zero-order valence-corrected chi connectivity index (χ0v) is 18.1. The van der Waals surface area contributed by atoms with Gasteiger partial charge >= 0.3 is 0 Å². The molecule has 0 atom stereocenters. The molecule has 0 amide bonds. The molecule has 0 fully saturated rings. The number of guanidine groups is 1. The highest BCUT2D eigenvalue weighted by atomic mass is 127. The van der Waals surface area contributed by atoms with Gasteiger partial charge < -0.3 is 15.4 Å². The van der Waals surface area contributed by atoms with Crippen LogP contribution in [0.25, 0.3) is 0 Å². The fourth-order valence-electron chi connectivity index (χ4n) is 2.20. The number of aliphatic imine (C=N–C) groups is 1. The molecule has 6 nitrogen and oxygen atoms in total. The molecule has 0 spiro atoms. The van der Waals surface area contributed by atoms with Gasteiger partial charge in [0.2, 0.25) is 5.88 Å². The number of halogens is 2. The highest BCUT2D eigenvalue weighted by Crippen LogP contribution is 2.15. The molecule has 8 heteroatoms. The van der Waals surface area contributed by atoms with Crippen LogP contribution in [0.15, 0.2) is 41.7 Å². The third kappa shape index (κ3) is 7.74. The molecule has 2 aromatic heterocycles. The second-order valence-electron chi connectivity index (χ2n) is 5.26. The molecule has 2 aromatic rings. The van der Waals surface area contributed by atoms with Crippen LogP contribution in [0.4, 0.5) is 0 Å². The lowest BCUT2D eigenvalue weighted by Crippen LogP contribution is -2.38. The molecular formula is C18H25ClIN5O. The van der Waals surface area contributed by atoms with Crippen LogP contribution in [0, 0.1) is 0 Å². The normalized spacial score (nSPS) is 10.8. The van der Waals surface area contributed by atoms with E-state index in [1.165, 1.54) is 0 Å². The summed E-state index contributed by atoms with van der Waals surface area (Å²) in [6.07, 6.45) is 4.35. The summed E-state index contributed by atoms with van der Waals surface area (Å²) in [6.45, 7) is 6.61. The van der Waals surface area contributed by atoms with Crippen molar-refractivity contribution in [2.45, 2.75) is 26.8 Å². The van der Waals surface area contributed by atoms with E-state index in [0.29, 0.717) is 24.2 Å². The molecule has 0 saturated heterocycles. The zero-order chi connectivity index (χ0) is 17.9. The fourth-order valence-corrected chi connectivity index (χ4v) is 2.31. The summed E-state index contributed by atoms with van der Waals surface area (Å²) in [5, 5.41) is 7.07. The van der Waals surface area contributed by atoms with Crippen molar-refractivity contribution in [1.29, 1.82) is 0 Å². The first kappa shape index (κ1) is 22.4. The van der Waals surface area contributed by atoms with E-state index in [1.807, 2.05) is 32.0 Å². The van der Waals surface area contributed by atoms with Gasteiger partial charge in [-0.05, 0) is 38.0 Å². The lowest BCUT2D eigenvalue weighted by molar-refractivity contribution is 0.323. The second-order valence-corrected chi connectivity index (χ2v) is 5.65. The van der Waals surface area contributed by atoms with E-state index in [9.17, 15) is 0 Å². The Balaban J connectivity index is 0.00000338. The van der Waals surface area contributed by atoms with Crippen LogP contribution in [-0.2, 0) is 13.0 Å². The number of pyridine rings is 2. The van der Waals surface area contributed by atoms with Crippen molar-refractivity contribution in [2.75, 3.05) is 19.7 Å². The van der Waals surface area contributed by atoms with Gasteiger partial charge in [0.25, 0.3) is 0 Å². The van der Waals surface area contributed by atoms with Crippen molar-refractivity contribution >= 4 is 41.5 Å². The van der Waals surface area contributed by atoms with E-state index in [4.69, 9.17) is 16.3 Å². The molecule has 0 aromatic carbocycles. The van der Waals surface area contributed by atoms with Crippen molar-refractivity contribution in [2.24, 2.45) is 4.99 Å². The van der Waals surface area contributed by atoms with Gasteiger partial charge in [-0.2, -0.15) is 0 Å². The van der Waals surface area contributed by atoms with Gasteiger partial charge in [0.05, 0.1) is 13.2 Å². The van der Waals surface area contributed by atoms with E-state index in [1.54, 1.807) is 18.5 Å². The topological polar surface area (TPSA) is 71.4 Å². The number of nitrogens with one attached hydrogen (secondary N) is 2. The van der Waals surface area contributed by atoms with Gasteiger partial charge in [-0.25, -0.2) is 15.0 Å². The monoisotopic (exact) mass is 489 g/mol. The Morgan fingerprint density at radius 3 is 2.73 bits per heavy atom. The largest absolute Gasteiger partial charge is 0.478 e. The molecule has 0 aliphatic heterocycles. The average molecular weight is 490 g/mol. The maximum atomic E-state index is 5.80. The van der Waals surface area contributed by atoms with E-state index in [0.717, 1.165) is 36.6 Å². The molecule has 26 heavy (non-hydrogen) atoms. The van der Waals surface area contributed by atoms with Crippen LogP contribution in [-0.4, -0.2) is 35.6 Å². The molecule has 0 saturated carbocycles. The van der Waals surface area contributed by atoms with E-state index in [-0.39, 0.29) is 24.0 Å². The summed E-state index contributed by atoms with van der Waals surface area (Å²) in [7, 11) is 0. The predicted octanol–water partition coefficient (Wildman–Crippen LogP) is 3.44. The molecule has 2 heterocycles. The first-order valence-corrected chi connectivity index (χ1v) is 8.80. The third-order valence-corrected chi connectivity index (χ3v) is 3.60. The van der Waals surface area contributed by atoms with E-state index >= 15 is 0 Å². The first-order valence-electron chi connectivity index (χ1n) is 8.42. The standard InChI is InChI=1S/C18H24ClN5O.HI/c1-3-20-18(22-11-9-14-7-8-16(19)23-12-14)24-13-15-6-5-10-21-17(15)25-4-2;/h5-8,10,12H,3-4,9,11,13H2,1-2H3,(H2,20,22,24);1H. The van der Waals surface area contributed by atoms with Gasteiger partial charge in [-0.15, -0.1) is 24.0 Å². The van der Waals surface area contributed by atoms with E-state index in [2.05, 4.69) is 25.6 Å². The minimum Gasteiger partial charge on any atom is -0.478 e. The highest BCUT2D eigenvalue weighted by Gasteiger charge is 2.04. The number of hydrogen-bond donors (Lipinski definition) is 2. The molecule has 2 N–H and O–H groups in total. The first-order chi connectivity index (χ1) is 12.2. The van der Waals surface area contributed by atoms with Crippen molar-refractivity contribution < 1.29 is 4.74 Å². The molecule has 142 valence electrons. The summed E-state index contributed by atoms with van der Waals surface area (Å²) >= 11 is 5.80. The summed E-state index contributed by atoms with van der Waals surface area (Å²) in [4.78, 5) is 12.9. The van der Waals surface area contributed by atoms with Crippen LogP contribution in [0.2, 0.25) is 5.15 Å². The Kier molecular flexibility index (Phi) is 11.0. The van der Waals surface area contributed by atoms with Crippen LogP contribution >= 0.6 is 35.6 Å². The van der Waals surface area contributed by atoms with Crippen molar-refractivity contribution in [3.05, 3.63) is 52.9 Å². The van der Waals surface area contributed by atoms with E-state index < -0.39 is 0 Å².